The van der Waals surface area contributed by atoms with Crippen LogP contribution in [0.15, 0.2) is 12.2 Å². The molecule has 0 N–H and O–H groups in total. The molecule has 1 nitrogen and oxygen atoms in total. The lowest BCUT2D eigenvalue weighted by Gasteiger charge is -2.32. The number of hydrogen-bond donors (Lipinski definition) is 0. The van der Waals surface area contributed by atoms with E-state index in [1.807, 2.05) is 0 Å². The minimum Gasteiger partial charge on any atom is -0.371 e. The largest absolute Gasteiger partial charge is 0.371 e. The normalized spacial score (nSPS) is 41.9. The van der Waals surface area contributed by atoms with Crippen LogP contribution < -0.4 is 0 Å². The molecule has 1 fully saturated rings. The molecule has 1 heteroatoms. The molecule has 0 spiro atoms. The topological polar surface area (TPSA) is 9.23 Å². The predicted molar refractivity (Wildman–Crippen MR) is 42.9 cm³/mol. The van der Waals surface area contributed by atoms with E-state index in [4.69, 9.17) is 4.74 Å². The molecular formula is C9H16O. The summed E-state index contributed by atoms with van der Waals surface area (Å²) in [6.07, 6.45) is 1.80. The Labute approximate surface area is 63.1 Å². The molecule has 0 amide bonds. The Bertz CT molecular complexity index is 126. The van der Waals surface area contributed by atoms with Crippen molar-refractivity contribution in [3.05, 3.63) is 12.2 Å². The summed E-state index contributed by atoms with van der Waals surface area (Å²) in [6.45, 7) is 10.4. The highest BCUT2D eigenvalue weighted by atomic mass is 16.5. The molecule has 0 saturated carbocycles. The van der Waals surface area contributed by atoms with Gasteiger partial charge in [0.15, 0.2) is 0 Å². The third-order valence-electron chi connectivity index (χ3n) is 2.28. The molecule has 1 heterocycles. The summed E-state index contributed by atoms with van der Waals surface area (Å²) in [4.78, 5) is 0. The van der Waals surface area contributed by atoms with Gasteiger partial charge in [0, 0.05) is 0 Å². The first-order valence-electron chi connectivity index (χ1n) is 3.95. The highest BCUT2D eigenvalue weighted by Gasteiger charge is 2.24. The van der Waals surface area contributed by atoms with Gasteiger partial charge in [-0.15, -0.1) is 0 Å². The monoisotopic (exact) mass is 140 g/mol. The van der Waals surface area contributed by atoms with Crippen LogP contribution in [0.1, 0.15) is 27.2 Å². The number of hydrogen-bond acceptors (Lipinski definition) is 1. The Balaban J connectivity index is 2.57. The lowest BCUT2D eigenvalue weighted by Crippen LogP contribution is -2.29. The second-order valence-corrected chi connectivity index (χ2v) is 3.30. The third kappa shape index (κ3) is 1.40. The fourth-order valence-electron chi connectivity index (χ4n) is 1.54. The molecule has 1 unspecified atom stereocenters. The summed E-state index contributed by atoms with van der Waals surface area (Å²) < 4.78 is 5.57. The van der Waals surface area contributed by atoms with Gasteiger partial charge in [-0.1, -0.05) is 13.5 Å². The molecule has 58 valence electrons. The Morgan fingerprint density at radius 2 is 2.00 bits per heavy atom. The van der Waals surface area contributed by atoms with Crippen LogP contribution in [0.5, 0.6) is 0 Å². The van der Waals surface area contributed by atoms with Gasteiger partial charge in [0.25, 0.3) is 0 Å². The molecule has 10 heavy (non-hydrogen) atoms. The van der Waals surface area contributed by atoms with Crippen molar-refractivity contribution >= 4 is 0 Å². The second kappa shape index (κ2) is 2.75. The average molecular weight is 140 g/mol. The van der Waals surface area contributed by atoms with Crippen molar-refractivity contribution in [1.29, 1.82) is 0 Å². The summed E-state index contributed by atoms with van der Waals surface area (Å²) in [5.41, 5.74) is 1.25. The van der Waals surface area contributed by atoms with Crippen molar-refractivity contribution in [2.75, 3.05) is 0 Å². The molecule has 1 aliphatic heterocycles. The van der Waals surface area contributed by atoms with Crippen molar-refractivity contribution in [3.63, 3.8) is 0 Å². The van der Waals surface area contributed by atoms with Crippen molar-refractivity contribution in [1.82, 2.24) is 0 Å². The van der Waals surface area contributed by atoms with Crippen LogP contribution in [0.3, 0.4) is 0 Å². The number of ether oxygens (including phenoxy) is 1. The van der Waals surface area contributed by atoms with Gasteiger partial charge in [0.2, 0.25) is 0 Å². The van der Waals surface area contributed by atoms with E-state index in [0.29, 0.717) is 12.0 Å². The predicted octanol–water partition coefficient (Wildman–Crippen LogP) is 2.38. The summed E-state index contributed by atoms with van der Waals surface area (Å²) in [5.74, 6) is 0.638. The maximum atomic E-state index is 5.57. The standard InChI is InChI=1S/C9H16O/c1-6-5-7(2)10-9(4)8(6)3/h6-7,9H,3,5H2,1-2,4H3/t6?,7-,9+/m0/s1. The van der Waals surface area contributed by atoms with Crippen molar-refractivity contribution in [2.24, 2.45) is 5.92 Å². The SMILES string of the molecule is C=C1C(C)C[C@H](C)O[C@@H]1C. The molecular weight excluding hydrogens is 124 g/mol. The van der Waals surface area contributed by atoms with E-state index in [0.717, 1.165) is 6.42 Å². The van der Waals surface area contributed by atoms with Crippen LogP contribution >= 0.6 is 0 Å². The van der Waals surface area contributed by atoms with Gasteiger partial charge in [-0.05, 0) is 31.8 Å². The zero-order chi connectivity index (χ0) is 7.72. The molecule has 0 radical (unpaired) electrons. The Kier molecular flexibility index (Phi) is 2.14. The van der Waals surface area contributed by atoms with Crippen molar-refractivity contribution < 1.29 is 4.74 Å². The smallest absolute Gasteiger partial charge is 0.0760 e. The molecule has 0 bridgehead atoms. The van der Waals surface area contributed by atoms with E-state index in [1.165, 1.54) is 5.57 Å². The zero-order valence-corrected chi connectivity index (χ0v) is 7.05. The maximum Gasteiger partial charge on any atom is 0.0760 e. The maximum absolute atomic E-state index is 5.57. The Morgan fingerprint density at radius 3 is 2.50 bits per heavy atom. The Morgan fingerprint density at radius 1 is 1.40 bits per heavy atom. The highest BCUT2D eigenvalue weighted by molar-refractivity contribution is 5.07. The lowest BCUT2D eigenvalue weighted by molar-refractivity contribution is -0.0123. The van der Waals surface area contributed by atoms with Gasteiger partial charge >= 0.3 is 0 Å². The summed E-state index contributed by atoms with van der Waals surface area (Å²) in [6, 6.07) is 0. The quantitative estimate of drug-likeness (QED) is 0.469. The van der Waals surface area contributed by atoms with Crippen molar-refractivity contribution in [3.8, 4) is 0 Å². The van der Waals surface area contributed by atoms with Crippen molar-refractivity contribution in [2.45, 2.75) is 39.4 Å². The van der Waals surface area contributed by atoms with Crippen LogP contribution in [-0.4, -0.2) is 12.2 Å². The van der Waals surface area contributed by atoms with Crippen LogP contribution in [0.4, 0.5) is 0 Å². The van der Waals surface area contributed by atoms with Gasteiger partial charge in [-0.2, -0.15) is 0 Å². The van der Waals surface area contributed by atoms with E-state index in [9.17, 15) is 0 Å². The fraction of sp³-hybridized carbons (Fsp3) is 0.778. The molecule has 1 aliphatic rings. The van der Waals surface area contributed by atoms with Crippen LogP contribution in [0.2, 0.25) is 0 Å². The first-order valence-corrected chi connectivity index (χ1v) is 3.95. The van der Waals surface area contributed by atoms with Gasteiger partial charge in [0.05, 0.1) is 12.2 Å². The second-order valence-electron chi connectivity index (χ2n) is 3.30. The Hall–Kier alpha value is -0.300. The van der Waals surface area contributed by atoms with Gasteiger partial charge in [-0.3, -0.25) is 0 Å². The molecule has 0 aromatic heterocycles. The van der Waals surface area contributed by atoms with E-state index >= 15 is 0 Å². The molecule has 3 atom stereocenters. The summed E-state index contributed by atoms with van der Waals surface area (Å²) >= 11 is 0. The molecule has 0 aliphatic carbocycles. The van der Waals surface area contributed by atoms with Gasteiger partial charge in [0.1, 0.15) is 0 Å². The van der Waals surface area contributed by atoms with E-state index in [1.54, 1.807) is 0 Å². The average Bonchev–Trinajstić information content (AvgIpc) is 1.82. The fourth-order valence-corrected chi connectivity index (χ4v) is 1.54. The minimum absolute atomic E-state index is 0.263. The van der Waals surface area contributed by atoms with E-state index < -0.39 is 0 Å². The zero-order valence-electron chi connectivity index (χ0n) is 7.05. The van der Waals surface area contributed by atoms with Crippen LogP contribution in [0.25, 0.3) is 0 Å². The third-order valence-corrected chi connectivity index (χ3v) is 2.28. The van der Waals surface area contributed by atoms with Gasteiger partial charge in [-0.25, -0.2) is 0 Å². The molecule has 1 saturated heterocycles. The molecule has 0 aromatic rings. The molecule has 1 rings (SSSR count). The first kappa shape index (κ1) is 7.80. The van der Waals surface area contributed by atoms with E-state index in [-0.39, 0.29) is 6.10 Å². The minimum atomic E-state index is 0.263. The number of rotatable bonds is 0. The lowest BCUT2D eigenvalue weighted by atomic mass is 9.90. The molecule has 0 aromatic carbocycles. The summed E-state index contributed by atoms with van der Waals surface area (Å²) in [5, 5.41) is 0. The summed E-state index contributed by atoms with van der Waals surface area (Å²) in [7, 11) is 0. The highest BCUT2D eigenvalue weighted by Crippen LogP contribution is 2.27. The van der Waals surface area contributed by atoms with E-state index in [2.05, 4.69) is 27.4 Å². The van der Waals surface area contributed by atoms with Crippen LogP contribution in [-0.2, 0) is 4.74 Å². The van der Waals surface area contributed by atoms with Gasteiger partial charge < -0.3 is 4.74 Å². The van der Waals surface area contributed by atoms with Crippen LogP contribution in [0, 0.1) is 5.92 Å². The first-order chi connectivity index (χ1) is 4.61.